The molecule has 0 aliphatic rings. The van der Waals surface area contributed by atoms with Gasteiger partial charge in [0.05, 0.1) is 25.8 Å². The summed E-state index contributed by atoms with van der Waals surface area (Å²) in [6, 6.07) is 5.48. The summed E-state index contributed by atoms with van der Waals surface area (Å²) in [4.78, 5) is 12.5. The molecule has 0 radical (unpaired) electrons. The van der Waals surface area contributed by atoms with Gasteiger partial charge in [0.15, 0.2) is 23.0 Å². The number of methoxy groups -OCH3 is 2. The molecule has 0 spiro atoms. The van der Waals surface area contributed by atoms with E-state index in [1.165, 1.54) is 0 Å². The van der Waals surface area contributed by atoms with E-state index in [-0.39, 0.29) is 5.28 Å². The maximum Gasteiger partial charge on any atom is 0.226 e. The molecule has 2 aromatic heterocycles. The highest BCUT2D eigenvalue weighted by molar-refractivity contribution is 6.28. The molecule has 0 saturated heterocycles. The van der Waals surface area contributed by atoms with E-state index in [1.54, 1.807) is 32.7 Å². The molecule has 7 nitrogen and oxygen atoms in total. The van der Waals surface area contributed by atoms with Crippen LogP contribution >= 0.6 is 11.6 Å². The second-order valence-electron chi connectivity index (χ2n) is 4.32. The topological polar surface area (TPSA) is 85.3 Å². The van der Waals surface area contributed by atoms with Crippen LogP contribution in [0.4, 0.5) is 5.82 Å². The summed E-state index contributed by atoms with van der Waals surface area (Å²) in [5.41, 5.74) is 1.38. The highest BCUT2D eigenvalue weighted by Gasteiger charge is 2.07. The van der Waals surface area contributed by atoms with Gasteiger partial charge in [0, 0.05) is 6.21 Å². The molecule has 0 fully saturated rings. The Morgan fingerprint density at radius 1 is 1.18 bits per heavy atom. The van der Waals surface area contributed by atoms with Crippen LogP contribution in [0.3, 0.4) is 0 Å². The Labute approximate surface area is 131 Å². The largest absolute Gasteiger partial charge is 0.493 e. The fraction of sp³-hybridized carbons (Fsp3) is 0.143. The summed E-state index contributed by atoms with van der Waals surface area (Å²) in [5.74, 6) is 1.72. The van der Waals surface area contributed by atoms with Gasteiger partial charge in [-0.3, -0.25) is 5.10 Å². The summed E-state index contributed by atoms with van der Waals surface area (Å²) in [7, 11) is 3.17. The average Bonchev–Trinajstić information content (AvgIpc) is 3.00. The number of H-pyrrole nitrogens is 1. The van der Waals surface area contributed by atoms with Gasteiger partial charge in [0.1, 0.15) is 0 Å². The van der Waals surface area contributed by atoms with Crippen molar-refractivity contribution in [3.8, 4) is 11.5 Å². The molecule has 1 aromatic carbocycles. The quantitative estimate of drug-likeness (QED) is 0.590. The number of hydrogen-bond donors (Lipinski definition) is 1. The van der Waals surface area contributed by atoms with Crippen LogP contribution in [-0.2, 0) is 0 Å². The maximum atomic E-state index is 5.87. The van der Waals surface area contributed by atoms with Crippen LogP contribution in [0.1, 0.15) is 5.56 Å². The number of ether oxygens (including phenoxy) is 2. The second-order valence-corrected chi connectivity index (χ2v) is 4.66. The molecule has 0 saturated carbocycles. The molecular weight excluding hydrogens is 306 g/mol. The number of benzene rings is 1. The van der Waals surface area contributed by atoms with Crippen molar-refractivity contribution in [1.29, 1.82) is 0 Å². The third kappa shape index (κ3) is 2.71. The van der Waals surface area contributed by atoms with Crippen molar-refractivity contribution in [2.45, 2.75) is 0 Å². The average molecular weight is 318 g/mol. The van der Waals surface area contributed by atoms with Crippen LogP contribution in [0.2, 0.25) is 5.28 Å². The molecule has 3 rings (SSSR count). The summed E-state index contributed by atoms with van der Waals surface area (Å²) in [6.45, 7) is 0. The molecule has 0 aliphatic carbocycles. The lowest BCUT2D eigenvalue weighted by Crippen LogP contribution is -1.92. The van der Waals surface area contributed by atoms with Crippen molar-refractivity contribution in [3.63, 3.8) is 0 Å². The minimum atomic E-state index is 0.108. The van der Waals surface area contributed by atoms with Crippen LogP contribution in [0.5, 0.6) is 11.5 Å². The molecule has 0 bridgehead atoms. The van der Waals surface area contributed by atoms with E-state index in [1.807, 2.05) is 12.1 Å². The minimum absolute atomic E-state index is 0.108. The third-order valence-corrected chi connectivity index (χ3v) is 3.17. The van der Waals surface area contributed by atoms with Crippen molar-refractivity contribution in [2.24, 2.45) is 4.99 Å². The number of fused-ring (bicyclic) bond motifs is 1. The number of nitrogens with zero attached hydrogens (tertiary/aromatic N) is 4. The van der Waals surface area contributed by atoms with Crippen LogP contribution < -0.4 is 9.47 Å². The molecule has 22 heavy (non-hydrogen) atoms. The smallest absolute Gasteiger partial charge is 0.226 e. The van der Waals surface area contributed by atoms with Gasteiger partial charge in [0.25, 0.3) is 0 Å². The zero-order valence-electron chi connectivity index (χ0n) is 11.9. The molecule has 3 aromatic rings. The van der Waals surface area contributed by atoms with E-state index in [2.05, 4.69) is 25.2 Å². The fourth-order valence-electron chi connectivity index (χ4n) is 1.96. The number of aromatic amines is 1. The lowest BCUT2D eigenvalue weighted by Gasteiger charge is -2.07. The predicted octanol–water partition coefficient (Wildman–Crippen LogP) is 2.77. The summed E-state index contributed by atoms with van der Waals surface area (Å²) in [5, 5.41) is 7.45. The van der Waals surface area contributed by atoms with Gasteiger partial charge in [-0.05, 0) is 35.4 Å². The monoisotopic (exact) mass is 317 g/mol. The van der Waals surface area contributed by atoms with Crippen LogP contribution in [0, 0.1) is 0 Å². The Kier molecular flexibility index (Phi) is 3.88. The molecule has 112 valence electrons. The summed E-state index contributed by atoms with van der Waals surface area (Å²) < 4.78 is 10.5. The number of aromatic nitrogens is 4. The Morgan fingerprint density at radius 3 is 2.77 bits per heavy atom. The van der Waals surface area contributed by atoms with Crippen LogP contribution in [-0.4, -0.2) is 40.6 Å². The van der Waals surface area contributed by atoms with Gasteiger partial charge in [-0.1, -0.05) is 0 Å². The zero-order valence-corrected chi connectivity index (χ0v) is 12.6. The molecule has 0 amide bonds. The SMILES string of the molecule is COc1ccc(C=Nc2nc(Cl)nc3[nH]ncc23)cc1OC. The van der Waals surface area contributed by atoms with Gasteiger partial charge >= 0.3 is 0 Å². The molecule has 1 N–H and O–H groups in total. The Hall–Kier alpha value is -2.67. The minimum Gasteiger partial charge on any atom is -0.493 e. The van der Waals surface area contributed by atoms with E-state index in [0.29, 0.717) is 28.4 Å². The standard InChI is InChI=1S/C14H12ClN5O2/c1-21-10-4-3-8(5-11(10)22-2)6-16-12-9-7-17-20-13(9)19-14(15)18-12/h3-7H,1-2H3,(H,17,18,19,20). The van der Waals surface area contributed by atoms with E-state index in [4.69, 9.17) is 21.1 Å². The highest BCUT2D eigenvalue weighted by atomic mass is 35.5. The second kappa shape index (κ2) is 5.98. The number of halogens is 1. The van der Waals surface area contributed by atoms with Crippen LogP contribution in [0.15, 0.2) is 29.4 Å². The lowest BCUT2D eigenvalue weighted by atomic mass is 10.2. The number of hydrogen-bond acceptors (Lipinski definition) is 6. The predicted molar refractivity (Wildman–Crippen MR) is 83.5 cm³/mol. The normalized spacial score (nSPS) is 11.2. The van der Waals surface area contributed by atoms with Crippen molar-refractivity contribution >= 4 is 34.7 Å². The third-order valence-electron chi connectivity index (χ3n) is 3.01. The first-order valence-corrected chi connectivity index (χ1v) is 6.72. The van der Waals surface area contributed by atoms with Gasteiger partial charge in [-0.2, -0.15) is 15.1 Å². The van der Waals surface area contributed by atoms with E-state index in [0.717, 1.165) is 5.56 Å². The Morgan fingerprint density at radius 2 is 2.00 bits per heavy atom. The number of aliphatic imine (C=N–C) groups is 1. The van der Waals surface area contributed by atoms with Crippen molar-refractivity contribution in [2.75, 3.05) is 14.2 Å². The lowest BCUT2D eigenvalue weighted by molar-refractivity contribution is 0.355. The summed E-state index contributed by atoms with van der Waals surface area (Å²) in [6.07, 6.45) is 3.26. The van der Waals surface area contributed by atoms with Gasteiger partial charge in [-0.25, -0.2) is 4.99 Å². The first-order valence-electron chi connectivity index (χ1n) is 6.34. The van der Waals surface area contributed by atoms with Crippen LogP contribution in [0.25, 0.3) is 11.0 Å². The molecule has 8 heteroatoms. The van der Waals surface area contributed by atoms with Crippen molar-refractivity contribution in [3.05, 3.63) is 35.2 Å². The Balaban J connectivity index is 1.97. The Bertz CT molecular complexity index is 846. The zero-order chi connectivity index (χ0) is 15.5. The highest BCUT2D eigenvalue weighted by Crippen LogP contribution is 2.27. The molecule has 0 aliphatic heterocycles. The molecular formula is C14H12ClN5O2. The van der Waals surface area contributed by atoms with E-state index in [9.17, 15) is 0 Å². The van der Waals surface area contributed by atoms with Gasteiger partial charge in [-0.15, -0.1) is 0 Å². The molecule has 2 heterocycles. The number of nitrogens with one attached hydrogen (secondary N) is 1. The van der Waals surface area contributed by atoms with Gasteiger partial charge in [0.2, 0.25) is 5.28 Å². The van der Waals surface area contributed by atoms with Crippen molar-refractivity contribution in [1.82, 2.24) is 20.2 Å². The number of rotatable bonds is 4. The van der Waals surface area contributed by atoms with Gasteiger partial charge < -0.3 is 9.47 Å². The van der Waals surface area contributed by atoms with Crippen molar-refractivity contribution < 1.29 is 9.47 Å². The maximum absolute atomic E-state index is 5.87. The summed E-state index contributed by atoms with van der Waals surface area (Å²) >= 11 is 5.87. The first-order chi connectivity index (χ1) is 10.7. The fourth-order valence-corrected chi connectivity index (χ4v) is 2.12. The first kappa shape index (κ1) is 14.3. The van der Waals surface area contributed by atoms with E-state index < -0.39 is 0 Å². The van der Waals surface area contributed by atoms with E-state index >= 15 is 0 Å². The molecule has 0 unspecified atom stereocenters. The molecule has 0 atom stereocenters.